The average molecular weight is 324 g/mol. The van der Waals surface area contributed by atoms with Crippen molar-refractivity contribution in [2.24, 2.45) is 0 Å². The number of alkyl carbamates (subject to hydrolysis) is 1. The summed E-state index contributed by atoms with van der Waals surface area (Å²) in [5, 5.41) is 4.66. The molecule has 0 aliphatic heterocycles. The van der Waals surface area contributed by atoms with E-state index in [1.165, 1.54) is 4.88 Å². The van der Waals surface area contributed by atoms with Crippen LogP contribution in [0.4, 0.5) is 4.79 Å². The number of amides is 2. The minimum atomic E-state index is -0.521. The predicted molar refractivity (Wildman–Crippen MR) is 86.7 cm³/mol. The molecule has 0 radical (unpaired) electrons. The first-order valence-electron chi connectivity index (χ1n) is 7.64. The molecule has 1 fully saturated rings. The molecular formula is C16H24N2O3S. The molecule has 2 rings (SSSR count). The van der Waals surface area contributed by atoms with Crippen molar-refractivity contribution in [2.45, 2.75) is 58.2 Å². The summed E-state index contributed by atoms with van der Waals surface area (Å²) in [5.41, 5.74) is -0.521. The van der Waals surface area contributed by atoms with Gasteiger partial charge in [0.1, 0.15) is 5.60 Å². The van der Waals surface area contributed by atoms with Gasteiger partial charge in [-0.1, -0.05) is 6.07 Å². The van der Waals surface area contributed by atoms with Gasteiger partial charge in [-0.2, -0.15) is 0 Å². The standard InChI is InChI=1S/C16H24N2O3S/c1-16(2,3)21-15(20)17-9-8-14(19)18(12-6-7-12)11-13-5-4-10-22-13/h4-5,10,12H,6-9,11H2,1-3H3,(H,17,20). The van der Waals surface area contributed by atoms with Crippen LogP contribution in [0.1, 0.15) is 44.9 Å². The Bertz CT molecular complexity index is 504. The molecule has 122 valence electrons. The molecule has 0 spiro atoms. The molecule has 5 nitrogen and oxygen atoms in total. The lowest BCUT2D eigenvalue weighted by Crippen LogP contribution is -2.37. The molecule has 1 aliphatic carbocycles. The minimum Gasteiger partial charge on any atom is -0.444 e. The Morgan fingerprint density at radius 1 is 1.41 bits per heavy atom. The number of hydrogen-bond acceptors (Lipinski definition) is 4. The highest BCUT2D eigenvalue weighted by Crippen LogP contribution is 2.29. The van der Waals surface area contributed by atoms with E-state index in [0.717, 1.165) is 12.8 Å². The van der Waals surface area contributed by atoms with Crippen molar-refractivity contribution >= 4 is 23.3 Å². The Kier molecular flexibility index (Phi) is 5.45. The third kappa shape index (κ3) is 5.67. The van der Waals surface area contributed by atoms with Gasteiger partial charge in [0, 0.05) is 23.9 Å². The SMILES string of the molecule is CC(C)(C)OC(=O)NCCC(=O)N(Cc1cccs1)C1CC1. The van der Waals surface area contributed by atoms with E-state index in [1.54, 1.807) is 11.3 Å². The molecule has 0 bridgehead atoms. The molecule has 1 heterocycles. The molecule has 1 saturated carbocycles. The normalized spacial score (nSPS) is 14.5. The van der Waals surface area contributed by atoms with E-state index in [0.29, 0.717) is 25.6 Å². The highest BCUT2D eigenvalue weighted by atomic mass is 32.1. The number of carbonyl (C=O) groups is 2. The second kappa shape index (κ2) is 7.13. The van der Waals surface area contributed by atoms with E-state index in [-0.39, 0.29) is 5.91 Å². The van der Waals surface area contributed by atoms with Crippen LogP contribution in [-0.2, 0) is 16.1 Å². The van der Waals surface area contributed by atoms with Gasteiger partial charge >= 0.3 is 6.09 Å². The smallest absolute Gasteiger partial charge is 0.407 e. The maximum absolute atomic E-state index is 12.4. The van der Waals surface area contributed by atoms with Gasteiger partial charge in [0.05, 0.1) is 6.54 Å². The van der Waals surface area contributed by atoms with Crippen LogP contribution in [0.25, 0.3) is 0 Å². The van der Waals surface area contributed by atoms with Crippen LogP contribution < -0.4 is 5.32 Å². The maximum Gasteiger partial charge on any atom is 0.407 e. The van der Waals surface area contributed by atoms with Gasteiger partial charge in [0.15, 0.2) is 0 Å². The van der Waals surface area contributed by atoms with Crippen LogP contribution in [0.5, 0.6) is 0 Å². The summed E-state index contributed by atoms with van der Waals surface area (Å²) in [7, 11) is 0. The third-order valence-electron chi connectivity index (χ3n) is 3.22. The fraction of sp³-hybridized carbons (Fsp3) is 0.625. The first-order valence-corrected chi connectivity index (χ1v) is 8.52. The highest BCUT2D eigenvalue weighted by molar-refractivity contribution is 7.09. The van der Waals surface area contributed by atoms with Crippen LogP contribution in [0.2, 0.25) is 0 Å². The number of hydrogen-bond donors (Lipinski definition) is 1. The molecule has 0 aromatic carbocycles. The molecule has 1 N–H and O–H groups in total. The summed E-state index contributed by atoms with van der Waals surface area (Å²) in [6, 6.07) is 4.42. The van der Waals surface area contributed by atoms with Crippen molar-refractivity contribution in [3.05, 3.63) is 22.4 Å². The van der Waals surface area contributed by atoms with Gasteiger partial charge in [-0.25, -0.2) is 4.79 Å². The fourth-order valence-corrected chi connectivity index (χ4v) is 2.81. The Balaban J connectivity index is 1.76. The van der Waals surface area contributed by atoms with Crippen LogP contribution in [0, 0.1) is 0 Å². The zero-order valence-electron chi connectivity index (χ0n) is 13.4. The summed E-state index contributed by atoms with van der Waals surface area (Å²) in [6.07, 6.45) is 1.99. The monoisotopic (exact) mass is 324 g/mol. The van der Waals surface area contributed by atoms with Crippen LogP contribution >= 0.6 is 11.3 Å². The van der Waals surface area contributed by atoms with Gasteiger partial charge in [0.25, 0.3) is 0 Å². The molecule has 1 aromatic heterocycles. The Labute approximate surface area is 135 Å². The van der Waals surface area contributed by atoms with E-state index in [4.69, 9.17) is 4.74 Å². The zero-order valence-corrected chi connectivity index (χ0v) is 14.2. The average Bonchev–Trinajstić information content (AvgIpc) is 3.10. The number of rotatable bonds is 6. The molecule has 0 saturated heterocycles. The topological polar surface area (TPSA) is 58.6 Å². The largest absolute Gasteiger partial charge is 0.444 e. The molecule has 1 aliphatic rings. The summed E-state index contributed by atoms with van der Waals surface area (Å²) < 4.78 is 5.15. The molecule has 6 heteroatoms. The summed E-state index contributed by atoms with van der Waals surface area (Å²) in [6.45, 7) is 6.42. The summed E-state index contributed by atoms with van der Waals surface area (Å²) >= 11 is 1.67. The first kappa shape index (κ1) is 16.8. The second-order valence-electron chi connectivity index (χ2n) is 6.51. The molecule has 1 aromatic rings. The van der Waals surface area contributed by atoms with E-state index in [1.807, 2.05) is 43.2 Å². The summed E-state index contributed by atoms with van der Waals surface area (Å²) in [5.74, 6) is 0.0898. The molecule has 2 amide bonds. The minimum absolute atomic E-state index is 0.0898. The maximum atomic E-state index is 12.4. The van der Waals surface area contributed by atoms with Gasteiger partial charge in [-0.15, -0.1) is 11.3 Å². The van der Waals surface area contributed by atoms with Gasteiger partial charge in [-0.3, -0.25) is 4.79 Å². The van der Waals surface area contributed by atoms with Crippen molar-refractivity contribution in [2.75, 3.05) is 6.54 Å². The lowest BCUT2D eigenvalue weighted by Gasteiger charge is -2.22. The highest BCUT2D eigenvalue weighted by Gasteiger charge is 2.32. The van der Waals surface area contributed by atoms with E-state index < -0.39 is 11.7 Å². The van der Waals surface area contributed by atoms with E-state index >= 15 is 0 Å². The number of carbonyl (C=O) groups excluding carboxylic acids is 2. The predicted octanol–water partition coefficient (Wildman–Crippen LogP) is 3.15. The van der Waals surface area contributed by atoms with Gasteiger partial charge in [0.2, 0.25) is 5.91 Å². The van der Waals surface area contributed by atoms with Crippen molar-refractivity contribution in [1.29, 1.82) is 0 Å². The lowest BCUT2D eigenvalue weighted by atomic mass is 10.2. The van der Waals surface area contributed by atoms with Crippen molar-refractivity contribution < 1.29 is 14.3 Å². The Morgan fingerprint density at radius 3 is 2.68 bits per heavy atom. The molecule has 0 atom stereocenters. The number of thiophene rings is 1. The number of nitrogens with zero attached hydrogens (tertiary/aromatic N) is 1. The number of ether oxygens (including phenoxy) is 1. The quantitative estimate of drug-likeness (QED) is 0.874. The van der Waals surface area contributed by atoms with Crippen LogP contribution in [0.15, 0.2) is 17.5 Å². The van der Waals surface area contributed by atoms with Crippen LogP contribution in [-0.4, -0.2) is 35.1 Å². The van der Waals surface area contributed by atoms with E-state index in [2.05, 4.69) is 5.32 Å². The first-order chi connectivity index (χ1) is 10.3. The van der Waals surface area contributed by atoms with Crippen molar-refractivity contribution in [3.8, 4) is 0 Å². The Morgan fingerprint density at radius 2 is 2.14 bits per heavy atom. The lowest BCUT2D eigenvalue weighted by molar-refractivity contribution is -0.132. The molecule has 0 unspecified atom stereocenters. The van der Waals surface area contributed by atoms with Crippen molar-refractivity contribution in [1.82, 2.24) is 10.2 Å². The number of nitrogens with one attached hydrogen (secondary N) is 1. The fourth-order valence-electron chi connectivity index (χ4n) is 2.11. The summed E-state index contributed by atoms with van der Waals surface area (Å²) in [4.78, 5) is 27.0. The van der Waals surface area contributed by atoms with Gasteiger partial charge < -0.3 is 15.0 Å². The third-order valence-corrected chi connectivity index (χ3v) is 4.08. The molecular weight excluding hydrogens is 300 g/mol. The van der Waals surface area contributed by atoms with Gasteiger partial charge in [-0.05, 0) is 45.1 Å². The van der Waals surface area contributed by atoms with E-state index in [9.17, 15) is 9.59 Å². The Hall–Kier alpha value is -1.56. The van der Waals surface area contributed by atoms with Crippen LogP contribution in [0.3, 0.4) is 0 Å². The molecule has 22 heavy (non-hydrogen) atoms. The zero-order chi connectivity index (χ0) is 16.2. The second-order valence-corrected chi connectivity index (χ2v) is 7.54. The van der Waals surface area contributed by atoms with Crippen molar-refractivity contribution in [3.63, 3.8) is 0 Å².